The predicted octanol–water partition coefficient (Wildman–Crippen LogP) is 2.99. The molecule has 0 aliphatic heterocycles. The largest absolute Gasteiger partial charge is 0.392 e. The van der Waals surface area contributed by atoms with Crippen LogP contribution in [-0.2, 0) is 0 Å². The Hall–Kier alpha value is -0.380. The van der Waals surface area contributed by atoms with Crippen molar-refractivity contribution in [3.05, 3.63) is 11.6 Å². The molecule has 0 aromatic heterocycles. The molecule has 3 heteroatoms. The van der Waals surface area contributed by atoms with E-state index in [0.717, 1.165) is 24.8 Å². The molecule has 0 radical (unpaired) electrons. The van der Waals surface area contributed by atoms with Crippen LogP contribution in [-0.4, -0.2) is 33.6 Å². The van der Waals surface area contributed by atoms with Crippen LogP contribution in [0.5, 0.6) is 0 Å². The Labute approximate surface area is 140 Å². The van der Waals surface area contributed by atoms with Crippen molar-refractivity contribution in [2.24, 2.45) is 41.4 Å². The minimum Gasteiger partial charge on any atom is -0.392 e. The Morgan fingerprint density at radius 1 is 1.17 bits per heavy atom. The molecule has 8 atom stereocenters. The van der Waals surface area contributed by atoms with E-state index < -0.39 is 11.7 Å². The van der Waals surface area contributed by atoms with Gasteiger partial charge >= 0.3 is 0 Å². The van der Waals surface area contributed by atoms with Crippen LogP contribution in [0.25, 0.3) is 0 Å². The molecule has 0 aromatic rings. The Morgan fingerprint density at radius 3 is 2.48 bits per heavy atom. The van der Waals surface area contributed by atoms with Gasteiger partial charge in [-0.25, -0.2) is 0 Å². The molecular formula is C20H34O3. The van der Waals surface area contributed by atoms with Crippen molar-refractivity contribution < 1.29 is 15.3 Å². The number of hydrogen-bond acceptors (Lipinski definition) is 3. The first-order chi connectivity index (χ1) is 10.8. The maximum absolute atomic E-state index is 11.9. The fraction of sp³-hybridized carbons (Fsp3) is 0.900. The predicted molar refractivity (Wildman–Crippen MR) is 91.7 cm³/mol. The van der Waals surface area contributed by atoms with Crippen molar-refractivity contribution in [1.82, 2.24) is 0 Å². The van der Waals surface area contributed by atoms with Crippen LogP contribution in [0.1, 0.15) is 53.4 Å². The smallest absolute Gasteiger partial charge is 0.0831 e. The van der Waals surface area contributed by atoms with Crippen LogP contribution < -0.4 is 0 Å². The van der Waals surface area contributed by atoms with E-state index in [1.54, 1.807) is 0 Å². The van der Waals surface area contributed by atoms with Crippen LogP contribution in [0.3, 0.4) is 0 Å². The minimum atomic E-state index is -0.829. The topological polar surface area (TPSA) is 60.7 Å². The summed E-state index contributed by atoms with van der Waals surface area (Å²) >= 11 is 0. The molecule has 2 fully saturated rings. The maximum Gasteiger partial charge on any atom is 0.0831 e. The molecule has 132 valence electrons. The summed E-state index contributed by atoms with van der Waals surface area (Å²) in [6.07, 6.45) is 5.79. The fourth-order valence-electron chi connectivity index (χ4n) is 6.10. The van der Waals surface area contributed by atoms with Gasteiger partial charge < -0.3 is 15.3 Å². The summed E-state index contributed by atoms with van der Waals surface area (Å²) in [5.41, 5.74) is -0.0894. The van der Waals surface area contributed by atoms with Crippen molar-refractivity contribution in [2.45, 2.75) is 65.1 Å². The molecule has 3 rings (SSSR count). The first kappa shape index (κ1) is 17.4. The number of aliphatic hydroxyl groups excluding tert-OH is 2. The third-order valence-corrected chi connectivity index (χ3v) is 7.55. The lowest BCUT2D eigenvalue weighted by Crippen LogP contribution is -2.65. The highest BCUT2D eigenvalue weighted by atomic mass is 16.3. The molecular weight excluding hydrogens is 288 g/mol. The molecule has 3 aliphatic rings. The van der Waals surface area contributed by atoms with Crippen LogP contribution in [0.4, 0.5) is 0 Å². The Morgan fingerprint density at radius 2 is 1.87 bits per heavy atom. The Bertz CT molecular complexity index is 472. The molecule has 2 saturated carbocycles. The zero-order valence-electron chi connectivity index (χ0n) is 15.1. The molecule has 0 amide bonds. The summed E-state index contributed by atoms with van der Waals surface area (Å²) in [6.45, 7) is 8.85. The summed E-state index contributed by atoms with van der Waals surface area (Å²) in [4.78, 5) is 0. The standard InChI is InChI=1S/C20H34O3/c1-11(2)15-7-5-12(3)16-8-6-13(4)20(23)17(15)9-14(10-21)19(22)18(16)20/h9,11-13,15-19,21-23H,5-8,10H2,1-4H3/t12-,13+,15-,16-,17-,18-,19+,20-/m0/s1. The minimum absolute atomic E-state index is 0.0587. The summed E-state index contributed by atoms with van der Waals surface area (Å²) in [5.74, 6) is 1.93. The molecule has 3 nitrogen and oxygen atoms in total. The quantitative estimate of drug-likeness (QED) is 0.685. The number of rotatable bonds is 2. The van der Waals surface area contributed by atoms with E-state index in [0.29, 0.717) is 23.7 Å². The van der Waals surface area contributed by atoms with Gasteiger partial charge in [0.15, 0.2) is 0 Å². The van der Waals surface area contributed by atoms with E-state index in [1.807, 2.05) is 6.08 Å². The van der Waals surface area contributed by atoms with Gasteiger partial charge in [-0.1, -0.05) is 40.2 Å². The maximum atomic E-state index is 11.9. The SMILES string of the molecule is CC(C)[C@@H]1CC[C@H](C)[C@@H]2CC[C@@H](C)[C@@]3(O)[C@@H]2[C@H](O)C(CO)=C[C@@H]13. The van der Waals surface area contributed by atoms with E-state index >= 15 is 0 Å². The zero-order valence-corrected chi connectivity index (χ0v) is 15.1. The van der Waals surface area contributed by atoms with E-state index in [1.165, 1.54) is 6.42 Å². The van der Waals surface area contributed by atoms with E-state index in [-0.39, 0.29) is 24.4 Å². The van der Waals surface area contributed by atoms with Gasteiger partial charge in [0.05, 0.1) is 18.3 Å². The van der Waals surface area contributed by atoms with Crippen LogP contribution >= 0.6 is 0 Å². The monoisotopic (exact) mass is 322 g/mol. The molecule has 4 bridgehead atoms. The third kappa shape index (κ3) is 2.51. The molecule has 0 unspecified atom stereocenters. The average molecular weight is 322 g/mol. The molecule has 0 saturated heterocycles. The lowest BCUT2D eigenvalue weighted by Gasteiger charge is -2.60. The van der Waals surface area contributed by atoms with Crippen molar-refractivity contribution in [1.29, 1.82) is 0 Å². The van der Waals surface area contributed by atoms with Gasteiger partial charge in [-0.15, -0.1) is 0 Å². The highest BCUT2D eigenvalue weighted by molar-refractivity contribution is 5.26. The first-order valence-electron chi connectivity index (χ1n) is 9.54. The third-order valence-electron chi connectivity index (χ3n) is 7.55. The summed E-state index contributed by atoms with van der Waals surface area (Å²) in [5, 5.41) is 32.6. The van der Waals surface area contributed by atoms with E-state index in [4.69, 9.17) is 0 Å². The van der Waals surface area contributed by atoms with Gasteiger partial charge in [-0.2, -0.15) is 0 Å². The first-order valence-corrected chi connectivity index (χ1v) is 9.54. The van der Waals surface area contributed by atoms with Crippen LogP contribution in [0, 0.1) is 41.4 Å². The summed E-state index contributed by atoms with van der Waals surface area (Å²) in [7, 11) is 0. The van der Waals surface area contributed by atoms with Crippen LogP contribution in [0.15, 0.2) is 11.6 Å². The summed E-state index contributed by atoms with van der Waals surface area (Å²) in [6, 6.07) is 0. The van der Waals surface area contributed by atoms with Gasteiger partial charge in [-0.05, 0) is 54.4 Å². The Kier molecular flexibility index (Phi) is 4.67. The normalized spacial score (nSPS) is 50.3. The Balaban J connectivity index is 2.17. The molecule has 0 aromatic carbocycles. The van der Waals surface area contributed by atoms with E-state index in [2.05, 4.69) is 27.7 Å². The van der Waals surface area contributed by atoms with Gasteiger partial charge in [0.1, 0.15) is 0 Å². The van der Waals surface area contributed by atoms with Crippen molar-refractivity contribution >= 4 is 0 Å². The molecule has 23 heavy (non-hydrogen) atoms. The average Bonchev–Trinajstić information content (AvgIpc) is 2.50. The second-order valence-corrected chi connectivity index (χ2v) is 8.89. The number of aliphatic hydroxyl groups is 3. The summed E-state index contributed by atoms with van der Waals surface area (Å²) < 4.78 is 0. The van der Waals surface area contributed by atoms with Gasteiger partial charge in [-0.3, -0.25) is 0 Å². The molecule has 0 spiro atoms. The zero-order chi connectivity index (χ0) is 16.9. The van der Waals surface area contributed by atoms with Crippen LogP contribution in [0.2, 0.25) is 0 Å². The van der Waals surface area contributed by atoms with Crippen molar-refractivity contribution in [3.63, 3.8) is 0 Å². The molecule has 0 heterocycles. The second-order valence-electron chi connectivity index (χ2n) is 8.89. The molecule has 3 N–H and O–H groups in total. The highest BCUT2D eigenvalue weighted by Gasteiger charge is 2.60. The lowest BCUT2D eigenvalue weighted by atomic mass is 9.48. The van der Waals surface area contributed by atoms with Crippen molar-refractivity contribution in [3.8, 4) is 0 Å². The lowest BCUT2D eigenvalue weighted by molar-refractivity contribution is -0.203. The van der Waals surface area contributed by atoms with Gasteiger partial charge in [0.2, 0.25) is 0 Å². The van der Waals surface area contributed by atoms with Gasteiger partial charge in [0, 0.05) is 11.8 Å². The number of hydrogen-bond donors (Lipinski definition) is 3. The molecule has 3 aliphatic carbocycles. The van der Waals surface area contributed by atoms with Crippen molar-refractivity contribution in [2.75, 3.05) is 6.61 Å². The van der Waals surface area contributed by atoms with Gasteiger partial charge in [0.25, 0.3) is 0 Å². The highest BCUT2D eigenvalue weighted by Crippen LogP contribution is 2.58. The fourth-order valence-corrected chi connectivity index (χ4v) is 6.10. The van der Waals surface area contributed by atoms with E-state index in [9.17, 15) is 15.3 Å². The second kappa shape index (κ2) is 6.16.